The van der Waals surface area contributed by atoms with E-state index in [1.807, 2.05) is 50.3 Å². The highest BCUT2D eigenvalue weighted by molar-refractivity contribution is 5.72. The van der Waals surface area contributed by atoms with Crippen LogP contribution in [0.5, 0.6) is 0 Å². The van der Waals surface area contributed by atoms with Crippen LogP contribution in [0.1, 0.15) is 65.0 Å². The molecule has 0 radical (unpaired) electrons. The zero-order valence-electron chi connectivity index (χ0n) is 18.3. The molecular formula is C25H37FN2. The Morgan fingerprint density at radius 2 is 1.86 bits per heavy atom. The van der Waals surface area contributed by atoms with Gasteiger partial charge in [0.15, 0.2) is 0 Å². The molecule has 1 aromatic rings. The first-order valence-corrected chi connectivity index (χ1v) is 10.1. The summed E-state index contributed by atoms with van der Waals surface area (Å²) in [5.41, 5.74) is 10.6. The zero-order chi connectivity index (χ0) is 21.3. The second-order valence-corrected chi connectivity index (χ2v) is 8.09. The topological polar surface area (TPSA) is 29.3 Å². The smallest absolute Gasteiger partial charge is 0.109 e. The lowest BCUT2D eigenvalue weighted by atomic mass is 9.96. The van der Waals surface area contributed by atoms with Gasteiger partial charge in [0.2, 0.25) is 0 Å². The van der Waals surface area contributed by atoms with Gasteiger partial charge < -0.3 is 10.6 Å². The van der Waals surface area contributed by atoms with E-state index < -0.39 is 5.67 Å². The maximum Gasteiger partial charge on any atom is 0.109 e. The van der Waals surface area contributed by atoms with Gasteiger partial charge in [-0.15, -0.1) is 0 Å². The van der Waals surface area contributed by atoms with Crippen molar-refractivity contribution in [2.45, 2.75) is 66.0 Å². The van der Waals surface area contributed by atoms with Gasteiger partial charge in [-0.1, -0.05) is 63.3 Å². The third kappa shape index (κ3) is 8.16. The van der Waals surface area contributed by atoms with Gasteiger partial charge in [-0.3, -0.25) is 0 Å². The Balaban J connectivity index is 2.93. The Labute approximate surface area is 171 Å². The fraction of sp³-hybridized carbons (Fsp3) is 0.440. The summed E-state index contributed by atoms with van der Waals surface area (Å²) in [5, 5.41) is 0. The van der Waals surface area contributed by atoms with Crippen molar-refractivity contribution < 1.29 is 4.39 Å². The van der Waals surface area contributed by atoms with Crippen molar-refractivity contribution in [3.05, 3.63) is 77.8 Å². The molecule has 1 rings (SSSR count). The lowest BCUT2D eigenvalue weighted by Crippen LogP contribution is -2.23. The van der Waals surface area contributed by atoms with Crippen LogP contribution < -0.4 is 5.73 Å². The van der Waals surface area contributed by atoms with E-state index in [4.69, 9.17) is 5.73 Å². The average Bonchev–Trinajstić information content (AvgIpc) is 2.61. The van der Waals surface area contributed by atoms with Gasteiger partial charge in [0, 0.05) is 24.4 Å². The molecule has 28 heavy (non-hydrogen) atoms. The highest BCUT2D eigenvalue weighted by atomic mass is 19.1. The van der Waals surface area contributed by atoms with Crippen molar-refractivity contribution in [3.63, 3.8) is 0 Å². The van der Waals surface area contributed by atoms with Crippen molar-refractivity contribution in [1.29, 1.82) is 0 Å². The standard InChI is InChI=1S/C25H37FN2/c1-8-9-10-16-28(19(2)3)21(5)24(27)15-14-20(4)23-13-11-12-22(17-23)18-25(6,7)26/h11-15,17H,2,4,8-10,16,18,27H2,1,3,5-7H3/b15-14-,24-21-. The summed E-state index contributed by atoms with van der Waals surface area (Å²) in [7, 11) is 0. The van der Waals surface area contributed by atoms with Crippen LogP contribution in [0.2, 0.25) is 0 Å². The monoisotopic (exact) mass is 384 g/mol. The van der Waals surface area contributed by atoms with E-state index >= 15 is 0 Å². The SMILES string of the molecule is C=C(/C=C\C(N)=C(/C)N(CCCCC)C(=C)C)c1cccc(CC(C)(C)F)c1. The number of rotatable bonds is 11. The van der Waals surface area contributed by atoms with Crippen LogP contribution in [0.3, 0.4) is 0 Å². The molecule has 0 spiro atoms. The van der Waals surface area contributed by atoms with E-state index in [1.165, 1.54) is 12.8 Å². The van der Waals surface area contributed by atoms with E-state index in [-0.39, 0.29) is 0 Å². The molecule has 0 saturated carbocycles. The number of halogens is 1. The number of alkyl halides is 1. The van der Waals surface area contributed by atoms with Crippen LogP contribution in [0, 0.1) is 0 Å². The number of nitrogens with zero attached hydrogens (tertiary/aromatic N) is 1. The first kappa shape index (κ1) is 23.7. The molecule has 154 valence electrons. The Bertz CT molecular complexity index is 735. The summed E-state index contributed by atoms with van der Waals surface area (Å²) < 4.78 is 13.9. The number of hydrogen-bond acceptors (Lipinski definition) is 2. The maximum atomic E-state index is 13.9. The van der Waals surface area contributed by atoms with Gasteiger partial charge in [-0.25, -0.2) is 4.39 Å². The average molecular weight is 385 g/mol. The van der Waals surface area contributed by atoms with Gasteiger partial charge in [0.05, 0.1) is 5.70 Å². The largest absolute Gasteiger partial charge is 0.397 e. The van der Waals surface area contributed by atoms with Crippen molar-refractivity contribution in [1.82, 2.24) is 4.90 Å². The van der Waals surface area contributed by atoms with E-state index in [2.05, 4.69) is 25.0 Å². The summed E-state index contributed by atoms with van der Waals surface area (Å²) in [6.07, 6.45) is 7.67. The highest BCUT2D eigenvalue weighted by Gasteiger charge is 2.16. The van der Waals surface area contributed by atoms with Gasteiger partial charge in [-0.05, 0) is 56.9 Å². The summed E-state index contributed by atoms with van der Waals surface area (Å²) in [6, 6.07) is 7.86. The first-order chi connectivity index (χ1) is 13.0. The molecule has 0 aliphatic carbocycles. The second-order valence-electron chi connectivity index (χ2n) is 8.09. The summed E-state index contributed by atoms with van der Waals surface area (Å²) >= 11 is 0. The van der Waals surface area contributed by atoms with Gasteiger partial charge in [0.25, 0.3) is 0 Å². The lowest BCUT2D eigenvalue weighted by molar-refractivity contribution is 0.217. The van der Waals surface area contributed by atoms with E-state index in [1.54, 1.807) is 13.8 Å². The second kappa shape index (κ2) is 10.9. The number of unbranched alkanes of at least 4 members (excludes halogenated alkanes) is 2. The van der Waals surface area contributed by atoms with Crippen LogP contribution in [-0.4, -0.2) is 17.1 Å². The zero-order valence-corrected chi connectivity index (χ0v) is 18.3. The van der Waals surface area contributed by atoms with Crippen LogP contribution >= 0.6 is 0 Å². The molecule has 0 aliphatic rings. The molecule has 0 bridgehead atoms. The van der Waals surface area contributed by atoms with Crippen molar-refractivity contribution in [2.75, 3.05) is 6.54 Å². The molecule has 2 nitrogen and oxygen atoms in total. The highest BCUT2D eigenvalue weighted by Crippen LogP contribution is 2.22. The predicted octanol–water partition coefficient (Wildman–Crippen LogP) is 6.76. The molecule has 0 saturated heterocycles. The molecular weight excluding hydrogens is 347 g/mol. The maximum absolute atomic E-state index is 13.9. The molecule has 1 aromatic carbocycles. The Hall–Kier alpha value is -2.29. The third-order valence-corrected chi connectivity index (χ3v) is 4.66. The van der Waals surface area contributed by atoms with Gasteiger partial charge in [0.1, 0.15) is 5.67 Å². The molecule has 0 amide bonds. The van der Waals surface area contributed by atoms with Gasteiger partial charge in [-0.2, -0.15) is 0 Å². The Morgan fingerprint density at radius 1 is 1.18 bits per heavy atom. The van der Waals surface area contributed by atoms with E-state index in [0.29, 0.717) is 12.1 Å². The molecule has 0 heterocycles. The lowest BCUT2D eigenvalue weighted by Gasteiger charge is -2.26. The van der Waals surface area contributed by atoms with Crippen molar-refractivity contribution in [2.24, 2.45) is 5.73 Å². The Morgan fingerprint density at radius 3 is 2.43 bits per heavy atom. The molecule has 0 fully saturated rings. The normalized spacial score (nSPS) is 12.8. The fourth-order valence-electron chi connectivity index (χ4n) is 3.09. The molecule has 0 aliphatic heterocycles. The van der Waals surface area contributed by atoms with Crippen LogP contribution in [0.15, 0.2) is 66.7 Å². The predicted molar refractivity (Wildman–Crippen MR) is 121 cm³/mol. The molecule has 3 heteroatoms. The summed E-state index contributed by atoms with van der Waals surface area (Å²) in [4.78, 5) is 2.17. The summed E-state index contributed by atoms with van der Waals surface area (Å²) in [5.74, 6) is 0. The molecule has 0 atom stereocenters. The number of benzene rings is 1. The first-order valence-electron chi connectivity index (χ1n) is 10.1. The fourth-order valence-corrected chi connectivity index (χ4v) is 3.09. The van der Waals surface area contributed by atoms with Crippen molar-refractivity contribution in [3.8, 4) is 0 Å². The molecule has 0 aromatic heterocycles. The van der Waals surface area contributed by atoms with Crippen LogP contribution in [0.4, 0.5) is 4.39 Å². The minimum Gasteiger partial charge on any atom is -0.397 e. The van der Waals surface area contributed by atoms with Crippen LogP contribution in [-0.2, 0) is 6.42 Å². The van der Waals surface area contributed by atoms with Crippen molar-refractivity contribution >= 4 is 5.57 Å². The molecule has 0 unspecified atom stereocenters. The van der Waals surface area contributed by atoms with Crippen LogP contribution in [0.25, 0.3) is 5.57 Å². The quantitative estimate of drug-likeness (QED) is 0.337. The number of allylic oxidation sites excluding steroid dienone is 5. The molecule has 2 N–H and O–H groups in total. The van der Waals surface area contributed by atoms with Gasteiger partial charge >= 0.3 is 0 Å². The third-order valence-electron chi connectivity index (χ3n) is 4.66. The number of hydrogen-bond donors (Lipinski definition) is 1. The number of nitrogens with two attached hydrogens (primary N) is 1. The Kier molecular flexibility index (Phi) is 9.24. The summed E-state index contributed by atoms with van der Waals surface area (Å²) in [6.45, 7) is 18.6. The minimum absolute atomic E-state index is 0.379. The van der Waals surface area contributed by atoms with E-state index in [0.717, 1.165) is 41.1 Å². The minimum atomic E-state index is -1.23. The van der Waals surface area contributed by atoms with E-state index in [9.17, 15) is 4.39 Å².